The Morgan fingerprint density at radius 3 is 2.44 bits per heavy atom. The van der Waals surface area contributed by atoms with Crippen molar-refractivity contribution in [3.63, 3.8) is 0 Å². The van der Waals surface area contributed by atoms with Crippen LogP contribution >= 0.6 is 15.9 Å². The van der Waals surface area contributed by atoms with Crippen LogP contribution in [0, 0.1) is 5.82 Å². The Balaban J connectivity index is 2.78. The van der Waals surface area contributed by atoms with Crippen molar-refractivity contribution in [2.24, 2.45) is 0 Å². The first-order chi connectivity index (χ1) is 7.56. The van der Waals surface area contributed by atoms with Crippen LogP contribution < -0.4 is 0 Å². The van der Waals surface area contributed by atoms with Gasteiger partial charge in [-0.25, -0.2) is 4.39 Å². The molecule has 0 saturated heterocycles. The highest BCUT2D eigenvalue weighted by molar-refractivity contribution is 9.10. The standard InChI is InChI=1S/C11H10BrFO3/c1-2-16-11(15)9(12)10(14)7-3-5-8(13)6-4-7/h3-6,9H,2H2,1H3/t9-/m1/s1. The van der Waals surface area contributed by atoms with E-state index in [1.54, 1.807) is 6.92 Å². The number of ether oxygens (including phenoxy) is 1. The summed E-state index contributed by atoms with van der Waals surface area (Å²) in [4.78, 5) is 21.9. The van der Waals surface area contributed by atoms with Gasteiger partial charge in [-0.05, 0) is 31.2 Å². The van der Waals surface area contributed by atoms with Gasteiger partial charge in [-0.1, -0.05) is 15.9 Å². The van der Waals surface area contributed by atoms with E-state index in [4.69, 9.17) is 0 Å². The van der Waals surface area contributed by atoms with Gasteiger partial charge in [-0.2, -0.15) is 0 Å². The molecule has 0 amide bonds. The molecule has 86 valence electrons. The summed E-state index contributed by atoms with van der Waals surface area (Å²) >= 11 is 2.95. The van der Waals surface area contributed by atoms with Crippen LogP contribution in [0.25, 0.3) is 0 Å². The molecule has 0 radical (unpaired) electrons. The second-order valence-electron chi connectivity index (χ2n) is 2.99. The lowest BCUT2D eigenvalue weighted by atomic mass is 10.1. The van der Waals surface area contributed by atoms with Crippen LogP contribution in [0.5, 0.6) is 0 Å². The van der Waals surface area contributed by atoms with Gasteiger partial charge in [0.15, 0.2) is 10.6 Å². The third kappa shape index (κ3) is 3.13. The predicted molar refractivity (Wildman–Crippen MR) is 60.1 cm³/mol. The summed E-state index contributed by atoms with van der Waals surface area (Å²) in [6.07, 6.45) is 0. The third-order valence-electron chi connectivity index (χ3n) is 1.85. The molecule has 0 heterocycles. The summed E-state index contributed by atoms with van der Waals surface area (Å²) in [5, 5.41) is 0. The summed E-state index contributed by atoms with van der Waals surface area (Å²) in [7, 11) is 0. The van der Waals surface area contributed by atoms with Gasteiger partial charge in [0, 0.05) is 5.56 Å². The number of carbonyl (C=O) groups is 2. The lowest BCUT2D eigenvalue weighted by Gasteiger charge is -2.07. The van der Waals surface area contributed by atoms with Crippen LogP contribution in [0.3, 0.4) is 0 Å². The maximum Gasteiger partial charge on any atom is 0.327 e. The molecule has 0 aliphatic heterocycles. The largest absolute Gasteiger partial charge is 0.465 e. The van der Waals surface area contributed by atoms with Crippen molar-refractivity contribution >= 4 is 27.7 Å². The number of rotatable bonds is 4. The van der Waals surface area contributed by atoms with Crippen LogP contribution in [0.15, 0.2) is 24.3 Å². The Morgan fingerprint density at radius 2 is 1.94 bits per heavy atom. The van der Waals surface area contributed by atoms with Gasteiger partial charge in [0.25, 0.3) is 0 Å². The number of Topliss-reactive ketones (excluding diaryl/α,β-unsaturated/α-hetero) is 1. The van der Waals surface area contributed by atoms with Crippen molar-refractivity contribution in [1.29, 1.82) is 0 Å². The normalized spacial score (nSPS) is 11.9. The monoisotopic (exact) mass is 288 g/mol. The van der Waals surface area contributed by atoms with Gasteiger partial charge in [-0.15, -0.1) is 0 Å². The molecule has 5 heteroatoms. The second-order valence-corrected chi connectivity index (χ2v) is 3.90. The number of alkyl halides is 1. The highest BCUT2D eigenvalue weighted by Crippen LogP contribution is 2.12. The minimum Gasteiger partial charge on any atom is -0.465 e. The molecule has 1 aromatic carbocycles. The van der Waals surface area contributed by atoms with Gasteiger partial charge in [0.1, 0.15) is 5.82 Å². The highest BCUT2D eigenvalue weighted by atomic mass is 79.9. The molecule has 0 spiro atoms. The van der Waals surface area contributed by atoms with Crippen LogP contribution in [-0.2, 0) is 9.53 Å². The topological polar surface area (TPSA) is 43.4 Å². The van der Waals surface area contributed by atoms with Gasteiger partial charge in [0.2, 0.25) is 0 Å². The van der Waals surface area contributed by atoms with E-state index in [1.165, 1.54) is 12.1 Å². The fourth-order valence-corrected chi connectivity index (χ4v) is 1.48. The first-order valence-corrected chi connectivity index (χ1v) is 5.58. The quantitative estimate of drug-likeness (QED) is 0.370. The molecule has 16 heavy (non-hydrogen) atoms. The number of benzene rings is 1. The molecule has 0 aliphatic carbocycles. The average Bonchev–Trinajstić information content (AvgIpc) is 2.28. The molecule has 1 atom stereocenters. The zero-order valence-corrected chi connectivity index (χ0v) is 10.2. The lowest BCUT2D eigenvalue weighted by molar-refractivity contribution is -0.141. The van der Waals surface area contributed by atoms with Gasteiger partial charge < -0.3 is 4.74 Å². The molecule has 0 bridgehead atoms. The van der Waals surface area contributed by atoms with E-state index < -0.39 is 22.4 Å². The second kappa shape index (κ2) is 5.75. The number of hydrogen-bond donors (Lipinski definition) is 0. The SMILES string of the molecule is CCOC(=O)[C@H](Br)C(=O)c1ccc(F)cc1. The fourth-order valence-electron chi connectivity index (χ4n) is 1.08. The summed E-state index contributed by atoms with van der Waals surface area (Å²) < 4.78 is 17.3. The fraction of sp³-hybridized carbons (Fsp3) is 0.273. The van der Waals surface area contributed by atoms with Crippen LogP contribution in [-0.4, -0.2) is 23.2 Å². The average molecular weight is 289 g/mol. The summed E-state index contributed by atoms with van der Waals surface area (Å²) in [5.41, 5.74) is 0.260. The minimum absolute atomic E-state index is 0.206. The first-order valence-electron chi connectivity index (χ1n) is 4.66. The third-order valence-corrected chi connectivity index (χ3v) is 2.64. The number of ketones is 1. The maximum absolute atomic E-state index is 12.6. The van der Waals surface area contributed by atoms with Crippen LogP contribution in [0.2, 0.25) is 0 Å². The Labute approximate surface area is 101 Å². The van der Waals surface area contributed by atoms with Crippen molar-refractivity contribution < 1.29 is 18.7 Å². The first kappa shape index (κ1) is 12.8. The van der Waals surface area contributed by atoms with Crippen molar-refractivity contribution in [3.8, 4) is 0 Å². The van der Waals surface area contributed by atoms with Crippen molar-refractivity contribution in [3.05, 3.63) is 35.6 Å². The lowest BCUT2D eigenvalue weighted by Crippen LogP contribution is -2.26. The zero-order chi connectivity index (χ0) is 12.1. The van der Waals surface area contributed by atoms with Crippen molar-refractivity contribution in [2.45, 2.75) is 11.8 Å². The molecular weight excluding hydrogens is 279 g/mol. The van der Waals surface area contributed by atoms with Crippen molar-refractivity contribution in [1.82, 2.24) is 0 Å². The van der Waals surface area contributed by atoms with E-state index in [9.17, 15) is 14.0 Å². The van der Waals surface area contributed by atoms with E-state index >= 15 is 0 Å². The van der Waals surface area contributed by atoms with Gasteiger partial charge in [0.05, 0.1) is 6.61 Å². The molecule has 0 aliphatic rings. The van der Waals surface area contributed by atoms with E-state index in [1.807, 2.05) is 0 Å². The molecule has 3 nitrogen and oxygen atoms in total. The summed E-state index contributed by atoms with van der Waals surface area (Å²) in [6, 6.07) is 4.98. The Hall–Kier alpha value is -1.23. The predicted octanol–water partition coefficient (Wildman–Crippen LogP) is 2.33. The molecule has 1 rings (SSSR count). The number of esters is 1. The van der Waals surface area contributed by atoms with Crippen LogP contribution in [0.1, 0.15) is 17.3 Å². The number of halogens is 2. The molecule has 0 saturated carbocycles. The molecule has 1 aromatic rings. The Bertz CT molecular complexity index is 389. The van der Waals surface area contributed by atoms with E-state index in [0.29, 0.717) is 0 Å². The zero-order valence-electron chi connectivity index (χ0n) is 8.57. The number of carbonyl (C=O) groups excluding carboxylic acids is 2. The molecule has 0 N–H and O–H groups in total. The summed E-state index contributed by atoms with van der Waals surface area (Å²) in [5.74, 6) is -1.52. The van der Waals surface area contributed by atoms with Gasteiger partial charge >= 0.3 is 5.97 Å². The van der Waals surface area contributed by atoms with E-state index in [-0.39, 0.29) is 12.2 Å². The summed E-state index contributed by atoms with van der Waals surface area (Å²) in [6.45, 7) is 1.86. The molecule has 0 fully saturated rings. The maximum atomic E-state index is 12.6. The van der Waals surface area contributed by atoms with E-state index in [0.717, 1.165) is 12.1 Å². The molecule has 0 unspecified atom stereocenters. The molecular formula is C11H10BrFO3. The van der Waals surface area contributed by atoms with Crippen molar-refractivity contribution in [2.75, 3.05) is 6.61 Å². The van der Waals surface area contributed by atoms with E-state index in [2.05, 4.69) is 20.7 Å². The molecule has 0 aromatic heterocycles. The smallest absolute Gasteiger partial charge is 0.327 e. The minimum atomic E-state index is -1.04. The highest BCUT2D eigenvalue weighted by Gasteiger charge is 2.25. The van der Waals surface area contributed by atoms with Gasteiger partial charge in [-0.3, -0.25) is 9.59 Å². The van der Waals surface area contributed by atoms with Crippen LogP contribution in [0.4, 0.5) is 4.39 Å². The Kier molecular flexibility index (Phi) is 4.61. The Morgan fingerprint density at radius 1 is 1.38 bits per heavy atom. The number of hydrogen-bond acceptors (Lipinski definition) is 3.